The number of hydrogen-bond acceptors (Lipinski definition) is 3. The number of hydrogen-bond donors (Lipinski definition) is 2. The average molecular weight is 271 g/mol. The van der Waals surface area contributed by atoms with Gasteiger partial charge in [0.15, 0.2) is 0 Å². The summed E-state index contributed by atoms with van der Waals surface area (Å²) in [6.45, 7) is 0.585. The summed E-state index contributed by atoms with van der Waals surface area (Å²) in [6, 6.07) is 15.5. The van der Waals surface area contributed by atoms with Gasteiger partial charge >= 0.3 is 5.71 Å². The molecular weight excluding hydrogens is 256 g/mol. The molecule has 96 valence electrons. The molecule has 0 aliphatic rings. The van der Waals surface area contributed by atoms with E-state index in [2.05, 4.69) is 17.4 Å². The van der Waals surface area contributed by atoms with E-state index >= 15 is 0 Å². The summed E-state index contributed by atoms with van der Waals surface area (Å²) >= 11 is 4.25. The van der Waals surface area contributed by atoms with E-state index in [-0.39, 0.29) is 0 Å². The minimum Gasteiger partial charge on any atom is -0.380 e. The predicted molar refractivity (Wildman–Crippen MR) is 77.0 cm³/mol. The molecule has 0 atom stereocenters. The Balaban J connectivity index is 2.32. The maximum absolute atomic E-state index is 7.37. The SMILES string of the molecule is COCc1ccc(C(=[N+]=N)c2ccc(S)cc2)cc1. The minimum absolute atomic E-state index is 0.585. The van der Waals surface area contributed by atoms with Crippen LogP contribution in [0.3, 0.4) is 0 Å². The first kappa shape index (κ1) is 13.6. The normalized spacial score (nSPS) is 10.0. The van der Waals surface area contributed by atoms with Crippen LogP contribution >= 0.6 is 12.6 Å². The molecule has 19 heavy (non-hydrogen) atoms. The molecule has 0 saturated heterocycles. The number of ether oxygens (including phenoxy) is 1. The fourth-order valence-corrected chi connectivity index (χ4v) is 1.99. The van der Waals surface area contributed by atoms with Crippen LogP contribution in [-0.4, -0.2) is 17.6 Å². The van der Waals surface area contributed by atoms with E-state index in [4.69, 9.17) is 10.3 Å². The zero-order valence-electron chi connectivity index (χ0n) is 10.6. The molecule has 3 nitrogen and oxygen atoms in total. The van der Waals surface area contributed by atoms with Gasteiger partial charge in [-0.15, -0.1) is 12.6 Å². The molecule has 0 fully saturated rings. The van der Waals surface area contributed by atoms with E-state index < -0.39 is 0 Å². The maximum atomic E-state index is 7.37. The molecule has 0 amide bonds. The Morgan fingerprint density at radius 2 is 1.58 bits per heavy atom. The highest BCUT2D eigenvalue weighted by Gasteiger charge is 2.17. The Morgan fingerprint density at radius 1 is 1.05 bits per heavy atom. The summed E-state index contributed by atoms with van der Waals surface area (Å²) in [5.74, 6) is 0. The lowest BCUT2D eigenvalue weighted by Gasteiger charge is -2.00. The summed E-state index contributed by atoms with van der Waals surface area (Å²) in [5.41, 5.74) is 10.9. The number of methoxy groups -OCH3 is 1. The number of rotatable bonds is 4. The van der Waals surface area contributed by atoms with Crippen LogP contribution in [0.2, 0.25) is 0 Å². The molecule has 2 aromatic carbocycles. The fraction of sp³-hybridized carbons (Fsp3) is 0.133. The first-order chi connectivity index (χ1) is 9.24. The van der Waals surface area contributed by atoms with Crippen molar-refractivity contribution in [1.82, 2.24) is 0 Å². The Labute approximate surface area is 117 Å². The van der Waals surface area contributed by atoms with Crippen LogP contribution in [0.4, 0.5) is 0 Å². The smallest absolute Gasteiger partial charge is 0.379 e. The number of nitrogens with one attached hydrogen (secondary N) is 1. The third-order valence-corrected chi connectivity index (χ3v) is 3.09. The van der Waals surface area contributed by atoms with Gasteiger partial charge < -0.3 is 4.74 Å². The largest absolute Gasteiger partial charge is 0.380 e. The lowest BCUT2D eigenvalue weighted by molar-refractivity contribution is -0.117. The summed E-state index contributed by atoms with van der Waals surface area (Å²) in [6.07, 6.45) is 0. The number of benzene rings is 2. The second-order valence-corrected chi connectivity index (χ2v) is 4.65. The maximum Gasteiger partial charge on any atom is 0.379 e. The monoisotopic (exact) mass is 271 g/mol. The van der Waals surface area contributed by atoms with E-state index in [9.17, 15) is 0 Å². The Bertz CT molecular complexity index is 599. The zero-order valence-corrected chi connectivity index (χ0v) is 11.5. The van der Waals surface area contributed by atoms with Crippen LogP contribution in [0.1, 0.15) is 16.7 Å². The van der Waals surface area contributed by atoms with Crippen molar-refractivity contribution in [3.63, 3.8) is 0 Å². The highest BCUT2D eigenvalue weighted by molar-refractivity contribution is 7.80. The quantitative estimate of drug-likeness (QED) is 0.381. The number of thiol groups is 1. The van der Waals surface area contributed by atoms with Crippen molar-refractivity contribution in [3.8, 4) is 0 Å². The van der Waals surface area contributed by atoms with Crippen LogP contribution in [-0.2, 0) is 11.3 Å². The summed E-state index contributed by atoms with van der Waals surface area (Å²) in [5, 5.41) is 0. The molecule has 0 aliphatic carbocycles. The van der Waals surface area contributed by atoms with Gasteiger partial charge in [-0.25, -0.2) is 0 Å². The predicted octanol–water partition coefficient (Wildman–Crippen LogP) is 3.20. The topological polar surface area (TPSA) is 47.2 Å². The molecular formula is C15H15N2OS+. The minimum atomic E-state index is 0.585. The van der Waals surface area contributed by atoms with Gasteiger partial charge in [0, 0.05) is 12.0 Å². The van der Waals surface area contributed by atoms with E-state index in [0.29, 0.717) is 12.3 Å². The number of nitrogens with zero attached hydrogens (tertiary/aromatic N) is 1. The highest BCUT2D eigenvalue weighted by atomic mass is 32.1. The Kier molecular flexibility index (Phi) is 4.53. The van der Waals surface area contributed by atoms with Gasteiger partial charge in [-0.05, 0) is 42.0 Å². The first-order valence-corrected chi connectivity index (χ1v) is 6.31. The lowest BCUT2D eigenvalue weighted by atomic mass is 10.0. The van der Waals surface area contributed by atoms with Gasteiger partial charge in [-0.2, -0.15) is 0 Å². The Hall–Kier alpha value is -1.87. The molecule has 0 saturated carbocycles. The molecule has 0 unspecified atom stereocenters. The van der Waals surface area contributed by atoms with E-state index in [1.807, 2.05) is 48.5 Å². The summed E-state index contributed by atoms with van der Waals surface area (Å²) in [4.78, 5) is 4.54. The third kappa shape index (κ3) is 3.32. The molecule has 0 aromatic heterocycles. The Morgan fingerprint density at radius 3 is 2.05 bits per heavy atom. The molecule has 0 radical (unpaired) electrons. The van der Waals surface area contributed by atoms with Gasteiger partial charge in [0.2, 0.25) is 0 Å². The third-order valence-electron chi connectivity index (χ3n) is 2.79. The molecule has 0 bridgehead atoms. The van der Waals surface area contributed by atoms with Crippen molar-refractivity contribution in [2.75, 3.05) is 7.11 Å². The van der Waals surface area contributed by atoms with E-state index in [0.717, 1.165) is 21.6 Å². The molecule has 0 spiro atoms. The van der Waals surface area contributed by atoms with Crippen molar-refractivity contribution in [2.24, 2.45) is 0 Å². The fourth-order valence-electron chi connectivity index (χ4n) is 1.84. The van der Waals surface area contributed by atoms with Gasteiger partial charge in [0.1, 0.15) is 0 Å². The first-order valence-electron chi connectivity index (χ1n) is 5.86. The highest BCUT2D eigenvalue weighted by Crippen LogP contribution is 2.13. The summed E-state index contributed by atoms with van der Waals surface area (Å²) in [7, 11) is 1.67. The van der Waals surface area contributed by atoms with Crippen LogP contribution in [0, 0.1) is 5.53 Å². The van der Waals surface area contributed by atoms with Crippen LogP contribution in [0.5, 0.6) is 0 Å². The van der Waals surface area contributed by atoms with Crippen LogP contribution in [0.15, 0.2) is 53.4 Å². The second kappa shape index (κ2) is 6.34. The van der Waals surface area contributed by atoms with E-state index in [1.54, 1.807) is 7.11 Å². The van der Waals surface area contributed by atoms with Crippen LogP contribution < -0.4 is 0 Å². The van der Waals surface area contributed by atoms with Gasteiger partial charge in [0.25, 0.3) is 0 Å². The van der Waals surface area contributed by atoms with Crippen molar-refractivity contribution < 1.29 is 9.53 Å². The molecule has 0 heterocycles. The van der Waals surface area contributed by atoms with Crippen molar-refractivity contribution in [2.45, 2.75) is 11.5 Å². The standard InChI is InChI=1S/C15H14N2OS/c1-18-10-11-2-4-12(5-3-11)15(17-16)13-6-8-14(19)9-7-13/h2-9,16H,10H2,1H3/p+1. The van der Waals surface area contributed by atoms with Gasteiger partial charge in [0.05, 0.1) is 28.1 Å². The molecule has 1 N–H and O–H groups in total. The average Bonchev–Trinajstić information content (AvgIpc) is 2.44. The van der Waals surface area contributed by atoms with E-state index in [1.165, 1.54) is 0 Å². The molecule has 2 rings (SSSR count). The van der Waals surface area contributed by atoms with Gasteiger partial charge in [-0.1, -0.05) is 12.1 Å². The molecule has 4 heteroatoms. The van der Waals surface area contributed by atoms with Crippen molar-refractivity contribution >= 4 is 18.3 Å². The molecule has 2 aromatic rings. The van der Waals surface area contributed by atoms with Crippen LogP contribution in [0.25, 0.3) is 0 Å². The zero-order chi connectivity index (χ0) is 13.7. The van der Waals surface area contributed by atoms with Crippen molar-refractivity contribution in [3.05, 3.63) is 65.2 Å². The van der Waals surface area contributed by atoms with Crippen molar-refractivity contribution in [1.29, 1.82) is 5.53 Å². The summed E-state index contributed by atoms with van der Waals surface area (Å²) < 4.78 is 5.08. The second-order valence-electron chi connectivity index (χ2n) is 4.14. The lowest BCUT2D eigenvalue weighted by Crippen LogP contribution is -2.04. The molecule has 0 aliphatic heterocycles. The van der Waals surface area contributed by atoms with Gasteiger partial charge in [-0.3, -0.25) is 0 Å².